The van der Waals surface area contributed by atoms with Crippen LogP contribution in [0.15, 0.2) is 0 Å². The molecule has 0 aliphatic carbocycles. The van der Waals surface area contributed by atoms with Crippen LogP contribution < -0.4 is 0 Å². The van der Waals surface area contributed by atoms with E-state index in [4.69, 9.17) is 0 Å². The number of nitrogens with zero attached hydrogens (tertiary/aromatic N) is 3. The normalized spacial score (nSPS) is 11.2. The lowest BCUT2D eigenvalue weighted by Gasteiger charge is -2.12. The summed E-state index contributed by atoms with van der Waals surface area (Å²) in [6, 6.07) is 0. The Morgan fingerprint density at radius 3 is 2.06 bits per heavy atom. The zero-order valence-corrected chi connectivity index (χ0v) is 10.6. The minimum Gasteiger partial charge on any atom is -0.177 e. The molecule has 1 N–H and O–H groups in total. The van der Waals surface area contributed by atoms with Crippen LogP contribution in [0.1, 0.15) is 77.0 Å². The summed E-state index contributed by atoms with van der Waals surface area (Å²) in [6.45, 7) is 4.47. The number of hydrogen-bond donors (Lipinski definition) is 1. The first-order valence-corrected chi connectivity index (χ1v) is 6.61. The fourth-order valence-corrected chi connectivity index (χ4v) is 2.03. The molecule has 0 aliphatic rings. The van der Waals surface area contributed by atoms with E-state index in [2.05, 4.69) is 34.5 Å². The maximum atomic E-state index is 4.13. The molecular weight excluding hydrogens is 200 g/mol. The fourth-order valence-electron chi connectivity index (χ4n) is 2.03. The Labute approximate surface area is 98.2 Å². The highest BCUT2D eigenvalue weighted by atomic mass is 15.5. The lowest BCUT2D eigenvalue weighted by Crippen LogP contribution is -2.02. The number of unbranched alkanes of at least 4 members (excludes halogenated alkanes) is 4. The van der Waals surface area contributed by atoms with Crippen LogP contribution in [0.2, 0.25) is 0 Å². The maximum absolute atomic E-state index is 4.13. The van der Waals surface area contributed by atoms with E-state index in [1.807, 2.05) is 0 Å². The molecule has 92 valence electrons. The van der Waals surface area contributed by atoms with Gasteiger partial charge in [-0.1, -0.05) is 57.6 Å². The minimum atomic E-state index is 0.511. The van der Waals surface area contributed by atoms with Crippen LogP contribution in [0.25, 0.3) is 0 Å². The number of nitrogens with one attached hydrogen (secondary N) is 1. The Morgan fingerprint density at radius 1 is 1.00 bits per heavy atom. The van der Waals surface area contributed by atoms with Crippen molar-refractivity contribution in [1.82, 2.24) is 20.6 Å². The van der Waals surface area contributed by atoms with Gasteiger partial charge in [0, 0.05) is 5.92 Å². The minimum absolute atomic E-state index is 0.511. The van der Waals surface area contributed by atoms with Gasteiger partial charge in [-0.25, -0.2) is 0 Å². The Hall–Kier alpha value is -0.930. The number of H-pyrrole nitrogens is 1. The molecule has 0 atom stereocenters. The van der Waals surface area contributed by atoms with Crippen molar-refractivity contribution in [2.45, 2.75) is 71.1 Å². The SMILES string of the molecule is CCCCCC(CCCCC)c1nn[nH]n1. The van der Waals surface area contributed by atoms with Gasteiger partial charge in [0.25, 0.3) is 0 Å². The second-order valence-electron chi connectivity index (χ2n) is 4.46. The average molecular weight is 224 g/mol. The summed E-state index contributed by atoms with van der Waals surface area (Å²) in [5.41, 5.74) is 0. The Morgan fingerprint density at radius 2 is 1.62 bits per heavy atom. The standard InChI is InChI=1S/C12H24N4/c1-3-5-7-9-11(10-8-6-4-2)12-13-15-16-14-12/h11H,3-10H2,1-2H3,(H,13,14,15,16). The van der Waals surface area contributed by atoms with E-state index in [9.17, 15) is 0 Å². The molecule has 0 amide bonds. The fraction of sp³-hybridized carbons (Fsp3) is 0.917. The predicted molar refractivity (Wildman–Crippen MR) is 65.2 cm³/mol. The second-order valence-corrected chi connectivity index (χ2v) is 4.46. The van der Waals surface area contributed by atoms with E-state index in [1.54, 1.807) is 0 Å². The monoisotopic (exact) mass is 224 g/mol. The van der Waals surface area contributed by atoms with E-state index >= 15 is 0 Å². The van der Waals surface area contributed by atoms with E-state index in [1.165, 1.54) is 51.4 Å². The van der Waals surface area contributed by atoms with Crippen LogP contribution in [0.4, 0.5) is 0 Å². The molecule has 0 aliphatic heterocycles. The van der Waals surface area contributed by atoms with Crippen LogP contribution in [0.5, 0.6) is 0 Å². The summed E-state index contributed by atoms with van der Waals surface area (Å²) in [5.74, 6) is 1.42. The van der Waals surface area contributed by atoms with Gasteiger partial charge in [-0.05, 0) is 12.8 Å². The third kappa shape index (κ3) is 4.73. The number of tetrazole rings is 1. The highest BCUT2D eigenvalue weighted by molar-refractivity contribution is 4.90. The Bertz CT molecular complexity index is 236. The first kappa shape index (κ1) is 13.1. The van der Waals surface area contributed by atoms with Crippen molar-refractivity contribution in [2.24, 2.45) is 0 Å². The molecule has 1 aromatic rings. The Kier molecular flexibility index (Phi) is 6.77. The molecule has 0 radical (unpaired) electrons. The van der Waals surface area contributed by atoms with Crippen LogP contribution in [-0.4, -0.2) is 20.6 Å². The lowest BCUT2D eigenvalue weighted by molar-refractivity contribution is 0.488. The zero-order valence-electron chi connectivity index (χ0n) is 10.6. The van der Waals surface area contributed by atoms with E-state index in [0.717, 1.165) is 5.82 Å². The summed E-state index contributed by atoms with van der Waals surface area (Å²) in [5, 5.41) is 14.5. The third-order valence-electron chi connectivity index (χ3n) is 3.04. The van der Waals surface area contributed by atoms with Crippen LogP contribution >= 0.6 is 0 Å². The highest BCUT2D eigenvalue weighted by Crippen LogP contribution is 2.24. The third-order valence-corrected chi connectivity index (χ3v) is 3.04. The molecule has 4 nitrogen and oxygen atoms in total. The molecule has 0 unspecified atom stereocenters. The number of hydrogen-bond acceptors (Lipinski definition) is 3. The van der Waals surface area contributed by atoms with E-state index in [-0.39, 0.29) is 0 Å². The Balaban J connectivity index is 2.36. The topological polar surface area (TPSA) is 54.5 Å². The summed E-state index contributed by atoms with van der Waals surface area (Å²) in [7, 11) is 0. The molecule has 0 bridgehead atoms. The maximum Gasteiger partial charge on any atom is 0.177 e. The van der Waals surface area contributed by atoms with Crippen LogP contribution in [0.3, 0.4) is 0 Å². The summed E-state index contributed by atoms with van der Waals surface area (Å²) < 4.78 is 0. The molecule has 0 saturated heterocycles. The first-order valence-electron chi connectivity index (χ1n) is 6.61. The van der Waals surface area contributed by atoms with Gasteiger partial charge in [-0.2, -0.15) is 5.21 Å². The van der Waals surface area contributed by atoms with Gasteiger partial charge in [-0.15, -0.1) is 10.2 Å². The van der Waals surface area contributed by atoms with Crippen molar-refractivity contribution < 1.29 is 0 Å². The molecule has 0 spiro atoms. The zero-order chi connectivity index (χ0) is 11.6. The van der Waals surface area contributed by atoms with Gasteiger partial charge >= 0.3 is 0 Å². The van der Waals surface area contributed by atoms with Crippen LogP contribution in [0, 0.1) is 0 Å². The number of aromatic nitrogens is 4. The van der Waals surface area contributed by atoms with Gasteiger partial charge in [0.2, 0.25) is 0 Å². The van der Waals surface area contributed by atoms with Gasteiger partial charge in [-0.3, -0.25) is 0 Å². The van der Waals surface area contributed by atoms with Gasteiger partial charge in [0.1, 0.15) is 0 Å². The quantitative estimate of drug-likeness (QED) is 0.654. The lowest BCUT2D eigenvalue weighted by atomic mass is 9.94. The van der Waals surface area contributed by atoms with Crippen molar-refractivity contribution in [2.75, 3.05) is 0 Å². The largest absolute Gasteiger partial charge is 0.177 e. The number of aromatic amines is 1. The van der Waals surface area contributed by atoms with Crippen molar-refractivity contribution >= 4 is 0 Å². The van der Waals surface area contributed by atoms with Crippen molar-refractivity contribution in [3.63, 3.8) is 0 Å². The highest BCUT2D eigenvalue weighted by Gasteiger charge is 2.15. The average Bonchev–Trinajstić information content (AvgIpc) is 2.81. The molecule has 0 saturated carbocycles. The van der Waals surface area contributed by atoms with E-state index < -0.39 is 0 Å². The molecule has 4 heteroatoms. The summed E-state index contributed by atoms with van der Waals surface area (Å²) in [6.07, 6.45) is 10.1. The van der Waals surface area contributed by atoms with E-state index in [0.29, 0.717) is 5.92 Å². The molecular formula is C12H24N4. The van der Waals surface area contributed by atoms with Crippen molar-refractivity contribution in [3.8, 4) is 0 Å². The first-order chi connectivity index (χ1) is 7.88. The molecule has 16 heavy (non-hydrogen) atoms. The molecule has 0 aromatic carbocycles. The smallest absolute Gasteiger partial charge is 0.177 e. The van der Waals surface area contributed by atoms with Crippen molar-refractivity contribution in [1.29, 1.82) is 0 Å². The molecule has 0 fully saturated rings. The van der Waals surface area contributed by atoms with Gasteiger partial charge in [0.15, 0.2) is 5.82 Å². The van der Waals surface area contributed by atoms with Crippen LogP contribution in [-0.2, 0) is 0 Å². The second kappa shape index (κ2) is 8.25. The molecule has 1 aromatic heterocycles. The van der Waals surface area contributed by atoms with Gasteiger partial charge < -0.3 is 0 Å². The van der Waals surface area contributed by atoms with Crippen molar-refractivity contribution in [3.05, 3.63) is 5.82 Å². The predicted octanol–water partition coefficient (Wildman–Crippen LogP) is 3.44. The molecule has 1 rings (SSSR count). The summed E-state index contributed by atoms with van der Waals surface area (Å²) >= 11 is 0. The number of rotatable bonds is 9. The van der Waals surface area contributed by atoms with Gasteiger partial charge in [0.05, 0.1) is 0 Å². The summed E-state index contributed by atoms with van der Waals surface area (Å²) in [4.78, 5) is 0. The molecule has 1 heterocycles.